The lowest BCUT2D eigenvalue weighted by molar-refractivity contribution is 0.102. The van der Waals surface area contributed by atoms with Gasteiger partial charge < -0.3 is 5.32 Å². The lowest BCUT2D eigenvalue weighted by Gasteiger charge is -2.06. The number of rotatable bonds is 2. The van der Waals surface area contributed by atoms with Gasteiger partial charge in [0.05, 0.1) is 5.69 Å². The Hall–Kier alpha value is -2.23. The maximum absolute atomic E-state index is 11.9. The standard InChI is InChI=1S/C13H13N3O/c1-9-5-3-4-6-11(9)13(17)14-12-8-7-10(2)15-16-12/h3-8H,1-2H3,(H,14,16,17). The first-order valence-electron chi connectivity index (χ1n) is 5.34. The largest absolute Gasteiger partial charge is 0.305 e. The fraction of sp³-hybridized carbons (Fsp3) is 0.154. The Balaban J connectivity index is 2.17. The first kappa shape index (κ1) is 11.3. The summed E-state index contributed by atoms with van der Waals surface area (Å²) in [4.78, 5) is 11.9. The van der Waals surface area contributed by atoms with E-state index in [1.165, 1.54) is 0 Å². The van der Waals surface area contributed by atoms with E-state index in [1.54, 1.807) is 18.2 Å². The Morgan fingerprint density at radius 3 is 2.47 bits per heavy atom. The maximum atomic E-state index is 11.9. The summed E-state index contributed by atoms with van der Waals surface area (Å²) in [5.74, 6) is 0.296. The molecular weight excluding hydrogens is 214 g/mol. The molecule has 17 heavy (non-hydrogen) atoms. The lowest BCUT2D eigenvalue weighted by atomic mass is 10.1. The average molecular weight is 227 g/mol. The molecule has 2 aromatic rings. The van der Waals surface area contributed by atoms with Crippen LogP contribution in [0.3, 0.4) is 0 Å². The molecule has 4 heteroatoms. The quantitative estimate of drug-likeness (QED) is 0.856. The second-order valence-corrected chi connectivity index (χ2v) is 3.83. The molecule has 0 unspecified atom stereocenters. The highest BCUT2D eigenvalue weighted by Gasteiger charge is 2.08. The van der Waals surface area contributed by atoms with E-state index in [0.29, 0.717) is 11.4 Å². The van der Waals surface area contributed by atoms with Gasteiger partial charge in [-0.2, -0.15) is 5.10 Å². The third-order valence-corrected chi connectivity index (χ3v) is 2.43. The number of amides is 1. The van der Waals surface area contributed by atoms with Crippen molar-refractivity contribution in [2.45, 2.75) is 13.8 Å². The Labute approximate surface area is 99.7 Å². The van der Waals surface area contributed by atoms with Crippen LogP contribution in [0.25, 0.3) is 0 Å². The summed E-state index contributed by atoms with van der Waals surface area (Å²) < 4.78 is 0. The molecule has 0 atom stereocenters. The minimum absolute atomic E-state index is 0.166. The van der Waals surface area contributed by atoms with E-state index in [0.717, 1.165) is 11.3 Å². The van der Waals surface area contributed by atoms with E-state index in [2.05, 4.69) is 15.5 Å². The molecule has 86 valence electrons. The van der Waals surface area contributed by atoms with Crippen molar-refractivity contribution in [3.05, 3.63) is 53.2 Å². The van der Waals surface area contributed by atoms with Crippen molar-refractivity contribution < 1.29 is 4.79 Å². The number of aryl methyl sites for hydroxylation is 2. The molecule has 0 spiro atoms. The van der Waals surface area contributed by atoms with Gasteiger partial charge in [0.25, 0.3) is 5.91 Å². The van der Waals surface area contributed by atoms with Gasteiger partial charge in [-0.05, 0) is 37.6 Å². The van der Waals surface area contributed by atoms with Gasteiger partial charge in [0.15, 0.2) is 5.82 Å². The fourth-order valence-electron chi connectivity index (χ4n) is 1.48. The zero-order chi connectivity index (χ0) is 12.3. The van der Waals surface area contributed by atoms with Gasteiger partial charge in [0.1, 0.15) is 0 Å². The highest BCUT2D eigenvalue weighted by atomic mass is 16.1. The molecule has 0 fully saturated rings. The molecule has 0 saturated heterocycles. The Morgan fingerprint density at radius 1 is 1.06 bits per heavy atom. The molecule has 0 aliphatic carbocycles. The molecule has 4 nitrogen and oxygen atoms in total. The van der Waals surface area contributed by atoms with Crippen LogP contribution in [0.2, 0.25) is 0 Å². The number of benzene rings is 1. The SMILES string of the molecule is Cc1ccc(NC(=O)c2ccccc2C)nn1. The van der Waals surface area contributed by atoms with Crippen LogP contribution in [0, 0.1) is 13.8 Å². The summed E-state index contributed by atoms with van der Waals surface area (Å²) in [6.07, 6.45) is 0. The van der Waals surface area contributed by atoms with Gasteiger partial charge in [0.2, 0.25) is 0 Å². The lowest BCUT2D eigenvalue weighted by Crippen LogP contribution is -2.14. The summed E-state index contributed by atoms with van der Waals surface area (Å²) in [6.45, 7) is 3.75. The van der Waals surface area contributed by atoms with Crippen molar-refractivity contribution in [1.29, 1.82) is 0 Å². The van der Waals surface area contributed by atoms with Gasteiger partial charge in [-0.15, -0.1) is 5.10 Å². The van der Waals surface area contributed by atoms with Crippen molar-refractivity contribution in [2.24, 2.45) is 0 Å². The first-order chi connectivity index (χ1) is 8.16. The molecule has 0 saturated carbocycles. The van der Waals surface area contributed by atoms with Crippen molar-refractivity contribution in [3.8, 4) is 0 Å². The maximum Gasteiger partial charge on any atom is 0.257 e. The summed E-state index contributed by atoms with van der Waals surface area (Å²) in [6, 6.07) is 11.0. The number of hydrogen-bond donors (Lipinski definition) is 1. The number of nitrogens with one attached hydrogen (secondary N) is 1. The van der Waals surface area contributed by atoms with Gasteiger partial charge in [-0.1, -0.05) is 18.2 Å². The molecule has 1 aromatic carbocycles. The molecule has 0 radical (unpaired) electrons. The Kier molecular flexibility index (Phi) is 3.14. The number of nitrogens with zero attached hydrogens (tertiary/aromatic N) is 2. The zero-order valence-corrected chi connectivity index (χ0v) is 9.77. The number of anilines is 1. The molecule has 0 aliphatic heterocycles. The number of carbonyl (C=O) groups is 1. The molecule has 0 aliphatic rings. The minimum atomic E-state index is -0.166. The van der Waals surface area contributed by atoms with Gasteiger partial charge >= 0.3 is 0 Å². The van der Waals surface area contributed by atoms with Crippen molar-refractivity contribution in [2.75, 3.05) is 5.32 Å². The predicted molar refractivity (Wildman–Crippen MR) is 65.9 cm³/mol. The Morgan fingerprint density at radius 2 is 1.82 bits per heavy atom. The third-order valence-electron chi connectivity index (χ3n) is 2.43. The summed E-state index contributed by atoms with van der Waals surface area (Å²) in [7, 11) is 0. The zero-order valence-electron chi connectivity index (χ0n) is 9.77. The summed E-state index contributed by atoms with van der Waals surface area (Å²) in [5, 5.41) is 10.5. The van der Waals surface area contributed by atoms with Crippen LogP contribution in [0.5, 0.6) is 0 Å². The van der Waals surface area contributed by atoms with E-state index < -0.39 is 0 Å². The molecule has 1 aromatic heterocycles. The number of carbonyl (C=O) groups excluding carboxylic acids is 1. The molecule has 1 N–H and O–H groups in total. The highest BCUT2D eigenvalue weighted by Crippen LogP contribution is 2.10. The van der Waals surface area contributed by atoms with Crippen molar-refractivity contribution in [1.82, 2.24) is 10.2 Å². The second kappa shape index (κ2) is 4.74. The fourth-order valence-corrected chi connectivity index (χ4v) is 1.48. The molecular formula is C13H13N3O. The smallest absolute Gasteiger partial charge is 0.257 e. The van der Waals surface area contributed by atoms with Crippen molar-refractivity contribution >= 4 is 11.7 Å². The topological polar surface area (TPSA) is 54.9 Å². The summed E-state index contributed by atoms with van der Waals surface area (Å²) >= 11 is 0. The summed E-state index contributed by atoms with van der Waals surface area (Å²) in [5.41, 5.74) is 2.40. The number of aromatic nitrogens is 2. The van der Waals surface area contributed by atoms with Crippen LogP contribution < -0.4 is 5.32 Å². The van der Waals surface area contributed by atoms with Crippen LogP contribution in [-0.4, -0.2) is 16.1 Å². The average Bonchev–Trinajstić information content (AvgIpc) is 2.32. The van der Waals surface area contributed by atoms with Crippen LogP contribution in [0.4, 0.5) is 5.82 Å². The monoisotopic (exact) mass is 227 g/mol. The first-order valence-corrected chi connectivity index (χ1v) is 5.34. The predicted octanol–water partition coefficient (Wildman–Crippen LogP) is 2.35. The van der Waals surface area contributed by atoms with Gasteiger partial charge in [-0.3, -0.25) is 4.79 Å². The van der Waals surface area contributed by atoms with Crippen LogP contribution in [0.1, 0.15) is 21.6 Å². The minimum Gasteiger partial charge on any atom is -0.305 e. The van der Waals surface area contributed by atoms with Crippen molar-refractivity contribution in [3.63, 3.8) is 0 Å². The third kappa shape index (κ3) is 2.66. The van der Waals surface area contributed by atoms with Crippen LogP contribution in [0.15, 0.2) is 36.4 Å². The van der Waals surface area contributed by atoms with E-state index in [9.17, 15) is 4.79 Å². The normalized spacial score (nSPS) is 10.0. The van der Waals surface area contributed by atoms with Gasteiger partial charge in [0, 0.05) is 5.56 Å². The van der Waals surface area contributed by atoms with Gasteiger partial charge in [-0.25, -0.2) is 0 Å². The second-order valence-electron chi connectivity index (χ2n) is 3.83. The van der Waals surface area contributed by atoms with E-state index >= 15 is 0 Å². The van der Waals surface area contributed by atoms with Crippen LogP contribution in [-0.2, 0) is 0 Å². The van der Waals surface area contributed by atoms with E-state index in [-0.39, 0.29) is 5.91 Å². The Bertz CT molecular complexity index is 535. The molecule has 2 rings (SSSR count). The highest BCUT2D eigenvalue weighted by molar-refractivity contribution is 6.04. The molecule has 1 amide bonds. The molecule has 0 bridgehead atoms. The number of hydrogen-bond acceptors (Lipinski definition) is 3. The molecule has 1 heterocycles. The van der Waals surface area contributed by atoms with Crippen LogP contribution >= 0.6 is 0 Å². The van der Waals surface area contributed by atoms with E-state index in [1.807, 2.05) is 32.0 Å². The van der Waals surface area contributed by atoms with E-state index in [4.69, 9.17) is 0 Å².